The minimum atomic E-state index is -0.477. The van der Waals surface area contributed by atoms with Crippen molar-refractivity contribution < 1.29 is 19.1 Å². The van der Waals surface area contributed by atoms with Crippen LogP contribution in [0.1, 0.15) is 28.2 Å². The first-order chi connectivity index (χ1) is 22.7. The predicted octanol–water partition coefficient (Wildman–Crippen LogP) is 2.61. The highest BCUT2D eigenvalue weighted by Gasteiger charge is 2.30. The highest BCUT2D eigenvalue weighted by Crippen LogP contribution is 2.30. The van der Waals surface area contributed by atoms with E-state index in [2.05, 4.69) is 20.7 Å². The van der Waals surface area contributed by atoms with Crippen LogP contribution in [-0.2, 0) is 23.2 Å². The van der Waals surface area contributed by atoms with E-state index >= 15 is 0 Å². The molecule has 14 nitrogen and oxygen atoms in total. The lowest BCUT2D eigenvalue weighted by Crippen LogP contribution is -2.36. The summed E-state index contributed by atoms with van der Waals surface area (Å²) in [6.07, 6.45) is 7.30. The van der Waals surface area contributed by atoms with Crippen LogP contribution in [0.15, 0.2) is 78.0 Å². The van der Waals surface area contributed by atoms with Crippen molar-refractivity contribution in [3.63, 3.8) is 0 Å². The maximum Gasteiger partial charge on any atom is 0.272 e. The molecule has 0 unspecified atom stereocenters. The number of carbonyl (C=O) groups is 1. The molecule has 0 radical (unpaired) electrons. The van der Waals surface area contributed by atoms with Crippen LogP contribution in [0.5, 0.6) is 5.75 Å². The second kappa shape index (κ2) is 12.7. The van der Waals surface area contributed by atoms with Gasteiger partial charge in [-0.15, -0.1) is 5.10 Å². The van der Waals surface area contributed by atoms with Crippen LogP contribution in [0, 0.1) is 6.92 Å². The Morgan fingerprint density at radius 1 is 1.13 bits per heavy atom. The Kier molecular flexibility index (Phi) is 8.36. The number of amides is 1. The number of likely N-dealkylation sites (tertiary alicyclic amines) is 1. The minimum Gasteiger partial charge on any atom is -0.497 e. The molecule has 5 heterocycles. The lowest BCUT2D eigenvalue weighted by Gasteiger charge is -2.25. The van der Waals surface area contributed by atoms with Gasteiger partial charge in [0.05, 0.1) is 30.7 Å². The summed E-state index contributed by atoms with van der Waals surface area (Å²) in [7, 11) is 7.15. The molecule has 2 aliphatic heterocycles. The molecule has 0 aliphatic carbocycles. The van der Waals surface area contributed by atoms with Gasteiger partial charge in [0.25, 0.3) is 5.91 Å². The number of hydrogen-bond donors (Lipinski definition) is 2. The zero-order valence-electron chi connectivity index (χ0n) is 26.7. The fourth-order valence-electron chi connectivity index (χ4n) is 5.61. The van der Waals surface area contributed by atoms with Crippen molar-refractivity contribution in [2.45, 2.75) is 25.9 Å². The van der Waals surface area contributed by atoms with Gasteiger partial charge in [0.2, 0.25) is 0 Å². The number of hydrogen-bond acceptors (Lipinski definition) is 11. The van der Waals surface area contributed by atoms with E-state index in [9.17, 15) is 14.4 Å². The summed E-state index contributed by atoms with van der Waals surface area (Å²) in [6.45, 7) is 3.06. The molecule has 240 valence electrons. The smallest absolute Gasteiger partial charge is 0.272 e. The molecule has 1 fully saturated rings. The molecular formula is C33H34N10O4. The molecule has 0 bridgehead atoms. The summed E-state index contributed by atoms with van der Waals surface area (Å²) in [4.78, 5) is 47.5. The molecule has 3 aromatic heterocycles. The Hall–Kier alpha value is -6.10. The van der Waals surface area contributed by atoms with Gasteiger partial charge in [0.15, 0.2) is 34.6 Å². The molecular weight excluding hydrogens is 600 g/mol. The molecule has 1 aromatic carbocycles. The lowest BCUT2D eigenvalue weighted by molar-refractivity contribution is 0.0936. The number of ether oxygens (including phenoxy) is 1. The van der Waals surface area contributed by atoms with Crippen molar-refractivity contribution in [3.05, 3.63) is 95.0 Å². The highest BCUT2D eigenvalue weighted by molar-refractivity contribution is 5.94. The van der Waals surface area contributed by atoms with Gasteiger partial charge in [-0.1, -0.05) is 12.1 Å². The molecule has 47 heavy (non-hydrogen) atoms. The number of benzene rings is 1. The van der Waals surface area contributed by atoms with E-state index < -0.39 is 11.9 Å². The Morgan fingerprint density at radius 3 is 2.60 bits per heavy atom. The molecule has 1 amide bonds. The standard InChI is InChI=1S/C33H34N10O4/c1-21-15-31(38-41(21)4)42-13-6-7-24(29(42)20-45)35-30-16-26(40(3)18-22-8-10-23(47-5)11-9-22)32-34-17-27(43(32)37-30)33(46)36-25-12-14-39(2)28(25)19-44/h6-11,13,15-17,25H,12,14,18H2,1-5H3,(H,35,37)(H,36,46)/t25-/m1/s1. The van der Waals surface area contributed by atoms with Crippen molar-refractivity contribution in [2.24, 2.45) is 7.05 Å². The minimum absolute atomic E-state index is 0.178. The number of allylic oxidation sites excluding steroid dienone is 2. The quantitative estimate of drug-likeness (QED) is 0.263. The zero-order valence-corrected chi connectivity index (χ0v) is 26.7. The van der Waals surface area contributed by atoms with E-state index in [0.717, 1.165) is 17.0 Å². The topological polar surface area (TPSA) is 142 Å². The van der Waals surface area contributed by atoms with Gasteiger partial charge >= 0.3 is 0 Å². The summed E-state index contributed by atoms with van der Waals surface area (Å²) in [5.74, 6) is 5.21. The molecule has 1 atom stereocenters. The molecule has 6 rings (SSSR count). The number of aryl methyl sites for hydroxylation is 2. The van der Waals surface area contributed by atoms with Crippen LogP contribution < -0.4 is 25.2 Å². The van der Waals surface area contributed by atoms with Gasteiger partial charge in [-0.05, 0) is 43.2 Å². The third kappa shape index (κ3) is 5.98. The Labute approximate surface area is 270 Å². The fourth-order valence-corrected chi connectivity index (χ4v) is 5.61. The molecule has 14 heteroatoms. The average molecular weight is 635 g/mol. The molecule has 2 N–H and O–H groups in total. The first-order valence-electron chi connectivity index (χ1n) is 14.9. The van der Waals surface area contributed by atoms with E-state index in [1.54, 1.807) is 47.0 Å². The third-order valence-electron chi connectivity index (χ3n) is 8.28. The molecule has 0 saturated carbocycles. The first kappa shape index (κ1) is 30.9. The molecule has 1 saturated heterocycles. The van der Waals surface area contributed by atoms with Crippen LogP contribution in [-0.4, -0.2) is 80.9 Å². The number of carbonyl (C=O) groups excluding carboxylic acids is 3. The molecule has 2 aliphatic rings. The first-order valence-corrected chi connectivity index (χ1v) is 14.9. The van der Waals surface area contributed by atoms with Crippen LogP contribution in [0.3, 0.4) is 0 Å². The van der Waals surface area contributed by atoms with Crippen LogP contribution in [0.2, 0.25) is 0 Å². The average Bonchev–Trinajstić information content (AvgIpc) is 3.76. The maximum absolute atomic E-state index is 13.6. The summed E-state index contributed by atoms with van der Waals surface area (Å²) in [5.41, 5.74) is 4.27. The van der Waals surface area contributed by atoms with Crippen molar-refractivity contribution in [1.29, 1.82) is 0 Å². The summed E-state index contributed by atoms with van der Waals surface area (Å²) in [6, 6.07) is 10.9. The van der Waals surface area contributed by atoms with E-state index in [0.29, 0.717) is 53.9 Å². The molecule has 4 aromatic rings. The third-order valence-corrected chi connectivity index (χ3v) is 8.28. The van der Waals surface area contributed by atoms with Gasteiger partial charge in [-0.25, -0.2) is 19.1 Å². The van der Waals surface area contributed by atoms with Crippen molar-refractivity contribution in [2.75, 3.05) is 42.9 Å². The Balaban J connectivity index is 1.37. The van der Waals surface area contributed by atoms with Crippen LogP contribution >= 0.6 is 0 Å². The van der Waals surface area contributed by atoms with E-state index in [4.69, 9.17) is 9.84 Å². The lowest BCUT2D eigenvalue weighted by atomic mass is 10.2. The summed E-state index contributed by atoms with van der Waals surface area (Å²) >= 11 is 0. The number of nitrogens with zero attached hydrogens (tertiary/aromatic N) is 8. The largest absolute Gasteiger partial charge is 0.497 e. The number of likely N-dealkylation sites (N-methyl/N-ethyl adjacent to an activating group) is 1. The fraction of sp³-hybridized carbons (Fsp3) is 0.273. The number of aromatic nitrogens is 5. The van der Waals surface area contributed by atoms with Gasteiger partial charge in [0, 0.05) is 58.3 Å². The predicted molar refractivity (Wildman–Crippen MR) is 176 cm³/mol. The van der Waals surface area contributed by atoms with Crippen molar-refractivity contribution in [1.82, 2.24) is 34.6 Å². The van der Waals surface area contributed by atoms with Crippen LogP contribution in [0.25, 0.3) is 5.65 Å². The van der Waals surface area contributed by atoms with Crippen LogP contribution in [0.4, 0.5) is 17.3 Å². The second-order valence-corrected chi connectivity index (χ2v) is 11.4. The number of fused-ring (bicyclic) bond motifs is 1. The Bertz CT molecular complexity index is 1990. The van der Waals surface area contributed by atoms with E-state index in [1.807, 2.05) is 74.2 Å². The van der Waals surface area contributed by atoms with Gasteiger partial charge in [-0.3, -0.25) is 14.4 Å². The van der Waals surface area contributed by atoms with Crippen molar-refractivity contribution in [3.8, 4) is 5.75 Å². The summed E-state index contributed by atoms with van der Waals surface area (Å²) in [5, 5.41) is 15.4. The van der Waals surface area contributed by atoms with E-state index in [-0.39, 0.29) is 11.4 Å². The number of rotatable bonds is 9. The van der Waals surface area contributed by atoms with Gasteiger partial charge in [-0.2, -0.15) is 5.10 Å². The monoisotopic (exact) mass is 634 g/mol. The van der Waals surface area contributed by atoms with Gasteiger partial charge in [0.1, 0.15) is 17.4 Å². The zero-order chi connectivity index (χ0) is 33.2. The summed E-state index contributed by atoms with van der Waals surface area (Å²) < 4.78 is 8.49. The van der Waals surface area contributed by atoms with Gasteiger partial charge < -0.3 is 25.2 Å². The SMILES string of the molecule is COc1ccc(CN(C)c2cc(NC3=CC=CN(c4cc(C)n(C)n4)C3=C=O)nn3c(C(=O)N[C@@H]4CCN(C)C4=C=O)cnc23)cc1. The van der Waals surface area contributed by atoms with Crippen molar-refractivity contribution >= 4 is 40.8 Å². The number of methoxy groups -OCH3 is 1. The molecule has 0 spiro atoms. The number of imidazole rings is 1. The number of anilines is 3. The Morgan fingerprint density at radius 2 is 1.91 bits per heavy atom. The second-order valence-electron chi connectivity index (χ2n) is 11.4. The number of nitrogens with one attached hydrogen (secondary N) is 2. The maximum atomic E-state index is 13.6. The normalized spacial score (nSPS) is 15.9. The van der Waals surface area contributed by atoms with E-state index in [1.165, 1.54) is 10.7 Å². The highest BCUT2D eigenvalue weighted by atomic mass is 16.5.